The van der Waals surface area contributed by atoms with Gasteiger partial charge in [-0.3, -0.25) is 9.36 Å². The molecule has 0 aliphatic carbocycles. The summed E-state index contributed by atoms with van der Waals surface area (Å²) in [5, 5.41) is 0. The fourth-order valence-corrected chi connectivity index (χ4v) is 3.55. The average Bonchev–Trinajstić information content (AvgIpc) is 2.94. The smallest absolute Gasteiger partial charge is 0.304 e. The largest absolute Gasteiger partial charge is 0.432 e. The molecule has 0 saturated heterocycles. The number of aromatic nitrogens is 2. The zero-order chi connectivity index (χ0) is 19.1. The Kier molecular flexibility index (Phi) is 4.39. The SMILES string of the molecule is CC(=O)OC1N=C(c2ccccc2F)c2cc(Br)ccc2-n2c(C)cnc21. The normalized spacial score (nSPS) is 15.4. The Bertz CT molecular complexity index is 1090. The highest BCUT2D eigenvalue weighted by atomic mass is 79.9. The van der Waals surface area contributed by atoms with E-state index in [9.17, 15) is 9.18 Å². The molecule has 1 aromatic heterocycles. The van der Waals surface area contributed by atoms with Gasteiger partial charge in [-0.25, -0.2) is 14.4 Å². The number of ether oxygens (including phenoxy) is 1. The molecule has 1 aliphatic heterocycles. The van der Waals surface area contributed by atoms with Crippen molar-refractivity contribution in [1.82, 2.24) is 9.55 Å². The summed E-state index contributed by atoms with van der Waals surface area (Å²) >= 11 is 3.48. The second-order valence-electron chi connectivity index (χ2n) is 6.17. The Labute approximate surface area is 163 Å². The summed E-state index contributed by atoms with van der Waals surface area (Å²) in [6.07, 6.45) is 0.721. The highest BCUT2D eigenvalue weighted by molar-refractivity contribution is 9.10. The lowest BCUT2D eigenvalue weighted by atomic mass is 10.00. The fourth-order valence-electron chi connectivity index (χ4n) is 3.18. The highest BCUT2D eigenvalue weighted by Crippen LogP contribution is 2.34. The van der Waals surface area contributed by atoms with Crippen LogP contribution < -0.4 is 0 Å². The molecule has 4 rings (SSSR count). The maximum Gasteiger partial charge on any atom is 0.304 e. The van der Waals surface area contributed by atoms with E-state index < -0.39 is 18.0 Å². The van der Waals surface area contributed by atoms with Gasteiger partial charge in [0.2, 0.25) is 0 Å². The number of hydrogen-bond acceptors (Lipinski definition) is 4. The van der Waals surface area contributed by atoms with Gasteiger partial charge < -0.3 is 4.74 Å². The monoisotopic (exact) mass is 427 g/mol. The van der Waals surface area contributed by atoms with Crippen molar-refractivity contribution in [3.8, 4) is 5.69 Å². The minimum absolute atomic E-state index is 0.331. The molecular weight excluding hydrogens is 413 g/mol. The molecule has 1 unspecified atom stereocenters. The number of fused-ring (bicyclic) bond motifs is 3. The number of carbonyl (C=O) groups is 1. The first-order valence-corrected chi connectivity index (χ1v) is 9.09. The molecule has 0 amide bonds. The molecule has 0 saturated carbocycles. The quantitative estimate of drug-likeness (QED) is 0.565. The highest BCUT2D eigenvalue weighted by Gasteiger charge is 2.29. The number of rotatable bonds is 2. The van der Waals surface area contributed by atoms with Crippen LogP contribution in [-0.4, -0.2) is 21.2 Å². The Hall–Kier alpha value is -2.80. The first-order chi connectivity index (χ1) is 13.0. The molecule has 1 aliphatic rings. The van der Waals surface area contributed by atoms with Crippen molar-refractivity contribution < 1.29 is 13.9 Å². The van der Waals surface area contributed by atoms with Crippen LogP contribution in [0.25, 0.3) is 5.69 Å². The minimum Gasteiger partial charge on any atom is -0.432 e. The van der Waals surface area contributed by atoms with E-state index in [0.29, 0.717) is 22.7 Å². The second kappa shape index (κ2) is 6.74. The van der Waals surface area contributed by atoms with Crippen molar-refractivity contribution in [2.45, 2.75) is 20.1 Å². The number of benzene rings is 2. The Morgan fingerprint density at radius 1 is 1.22 bits per heavy atom. The van der Waals surface area contributed by atoms with Crippen LogP contribution in [0.2, 0.25) is 0 Å². The Morgan fingerprint density at radius 3 is 2.74 bits per heavy atom. The van der Waals surface area contributed by atoms with E-state index in [0.717, 1.165) is 15.9 Å². The van der Waals surface area contributed by atoms with Gasteiger partial charge in [0.25, 0.3) is 6.23 Å². The molecule has 27 heavy (non-hydrogen) atoms. The lowest BCUT2D eigenvalue weighted by Gasteiger charge is -2.14. The summed E-state index contributed by atoms with van der Waals surface area (Å²) in [7, 11) is 0. The molecule has 0 spiro atoms. The third-order valence-electron chi connectivity index (χ3n) is 4.29. The third kappa shape index (κ3) is 3.08. The molecule has 0 radical (unpaired) electrons. The molecule has 0 bridgehead atoms. The number of carbonyl (C=O) groups excluding carboxylic acids is 1. The third-order valence-corrected chi connectivity index (χ3v) is 4.79. The van der Waals surface area contributed by atoms with Crippen molar-refractivity contribution in [3.05, 3.63) is 81.6 Å². The summed E-state index contributed by atoms with van der Waals surface area (Å²) < 4.78 is 22.7. The summed E-state index contributed by atoms with van der Waals surface area (Å²) in [6.45, 7) is 3.22. The second-order valence-corrected chi connectivity index (χ2v) is 7.09. The summed E-state index contributed by atoms with van der Waals surface area (Å²) in [5.41, 5.74) is 3.10. The van der Waals surface area contributed by atoms with E-state index in [-0.39, 0.29) is 0 Å². The van der Waals surface area contributed by atoms with E-state index in [1.165, 1.54) is 13.0 Å². The molecule has 5 nitrogen and oxygen atoms in total. The van der Waals surface area contributed by atoms with Crippen molar-refractivity contribution in [3.63, 3.8) is 0 Å². The van der Waals surface area contributed by atoms with Crippen LogP contribution in [0, 0.1) is 12.7 Å². The van der Waals surface area contributed by atoms with Gasteiger partial charge in [-0.15, -0.1) is 0 Å². The first kappa shape index (κ1) is 17.6. The van der Waals surface area contributed by atoms with E-state index in [2.05, 4.69) is 25.9 Å². The Balaban J connectivity index is 2.06. The van der Waals surface area contributed by atoms with Crippen LogP contribution in [-0.2, 0) is 9.53 Å². The summed E-state index contributed by atoms with van der Waals surface area (Å²) in [6, 6.07) is 12.1. The van der Waals surface area contributed by atoms with Crippen LogP contribution >= 0.6 is 15.9 Å². The van der Waals surface area contributed by atoms with E-state index >= 15 is 0 Å². The van der Waals surface area contributed by atoms with Gasteiger partial charge in [-0.2, -0.15) is 0 Å². The van der Waals surface area contributed by atoms with Crippen LogP contribution in [0.5, 0.6) is 0 Å². The van der Waals surface area contributed by atoms with Gasteiger partial charge >= 0.3 is 5.97 Å². The van der Waals surface area contributed by atoms with Gasteiger partial charge in [0, 0.05) is 34.4 Å². The van der Waals surface area contributed by atoms with Crippen molar-refractivity contribution >= 4 is 27.6 Å². The number of aliphatic imine (C=N–C) groups is 1. The van der Waals surface area contributed by atoms with Crippen LogP contribution in [0.1, 0.15) is 35.8 Å². The van der Waals surface area contributed by atoms with Gasteiger partial charge in [0.15, 0.2) is 5.82 Å². The van der Waals surface area contributed by atoms with Crippen molar-refractivity contribution in [2.75, 3.05) is 0 Å². The fraction of sp³-hybridized carbons (Fsp3) is 0.150. The lowest BCUT2D eigenvalue weighted by Crippen LogP contribution is -2.12. The van der Waals surface area contributed by atoms with Crippen molar-refractivity contribution in [1.29, 1.82) is 0 Å². The topological polar surface area (TPSA) is 56.5 Å². The lowest BCUT2D eigenvalue weighted by molar-refractivity contribution is -0.146. The molecule has 7 heteroatoms. The average molecular weight is 428 g/mol. The Morgan fingerprint density at radius 2 is 2.00 bits per heavy atom. The molecule has 1 atom stereocenters. The maximum absolute atomic E-state index is 14.6. The molecule has 2 heterocycles. The number of imidazole rings is 1. The number of halogens is 2. The van der Waals surface area contributed by atoms with Gasteiger partial charge in [-0.05, 0) is 37.3 Å². The van der Waals surface area contributed by atoms with Gasteiger partial charge in [0.05, 0.1) is 11.4 Å². The van der Waals surface area contributed by atoms with Crippen LogP contribution in [0.15, 0.2) is 58.1 Å². The molecular formula is C20H15BrFN3O2. The molecule has 2 aromatic carbocycles. The standard InChI is InChI=1S/C20H15BrFN3O2/c1-11-10-23-19-20(27-12(2)26)24-18(14-5-3-4-6-16(14)22)15-9-13(21)7-8-17(15)25(11)19/h3-10,20H,1-2H3. The number of esters is 1. The number of nitrogens with zero attached hydrogens (tertiary/aromatic N) is 3. The predicted octanol–water partition coefficient (Wildman–Crippen LogP) is 4.50. The zero-order valence-electron chi connectivity index (χ0n) is 14.6. The predicted molar refractivity (Wildman–Crippen MR) is 103 cm³/mol. The molecule has 0 N–H and O–H groups in total. The number of aryl methyl sites for hydroxylation is 1. The zero-order valence-corrected chi connectivity index (χ0v) is 16.2. The summed E-state index contributed by atoms with van der Waals surface area (Å²) in [4.78, 5) is 20.7. The van der Waals surface area contributed by atoms with E-state index in [1.807, 2.05) is 29.7 Å². The molecule has 136 valence electrons. The van der Waals surface area contributed by atoms with E-state index in [4.69, 9.17) is 4.74 Å². The van der Waals surface area contributed by atoms with E-state index in [1.54, 1.807) is 24.4 Å². The van der Waals surface area contributed by atoms with Crippen LogP contribution in [0.3, 0.4) is 0 Å². The summed E-state index contributed by atoms with van der Waals surface area (Å²) in [5.74, 6) is -0.423. The number of hydrogen-bond donors (Lipinski definition) is 0. The minimum atomic E-state index is -0.975. The maximum atomic E-state index is 14.6. The van der Waals surface area contributed by atoms with Gasteiger partial charge in [0.1, 0.15) is 5.82 Å². The first-order valence-electron chi connectivity index (χ1n) is 8.30. The van der Waals surface area contributed by atoms with Crippen LogP contribution in [0.4, 0.5) is 4.39 Å². The van der Waals surface area contributed by atoms with Gasteiger partial charge in [-0.1, -0.05) is 28.1 Å². The van der Waals surface area contributed by atoms with Crippen molar-refractivity contribution in [2.24, 2.45) is 4.99 Å². The molecule has 0 fully saturated rings. The molecule has 3 aromatic rings.